The van der Waals surface area contributed by atoms with Crippen molar-refractivity contribution in [2.24, 2.45) is 0 Å². The van der Waals surface area contributed by atoms with Gasteiger partial charge in [0.1, 0.15) is 23.5 Å². The predicted octanol–water partition coefficient (Wildman–Crippen LogP) is 3.65. The van der Waals surface area contributed by atoms with Crippen LogP contribution in [-0.4, -0.2) is 12.0 Å². The minimum atomic E-state index is -0.472. The molecule has 0 aliphatic heterocycles. The van der Waals surface area contributed by atoms with Gasteiger partial charge in [0.25, 0.3) is 5.69 Å². The lowest BCUT2D eigenvalue weighted by molar-refractivity contribution is -0.384. The highest BCUT2D eigenvalue weighted by molar-refractivity contribution is 5.77. The Kier molecular flexibility index (Phi) is 5.28. The van der Waals surface area contributed by atoms with Crippen LogP contribution < -0.4 is 4.74 Å². The van der Waals surface area contributed by atoms with Crippen LogP contribution in [0.5, 0.6) is 5.75 Å². The molecule has 0 atom stereocenters. The molecule has 0 saturated carbocycles. The van der Waals surface area contributed by atoms with Gasteiger partial charge in [-0.2, -0.15) is 10.5 Å². The Morgan fingerprint density at radius 3 is 2.12 bits per heavy atom. The maximum Gasteiger partial charge on any atom is 0.269 e. The lowest BCUT2D eigenvalue weighted by atomic mass is 9.94. The monoisotopic (exact) mass is 319 g/mol. The van der Waals surface area contributed by atoms with E-state index in [1.54, 1.807) is 43.5 Å². The zero-order chi connectivity index (χ0) is 17.5. The third kappa shape index (κ3) is 3.76. The molecule has 0 bridgehead atoms. The summed E-state index contributed by atoms with van der Waals surface area (Å²) in [6, 6.07) is 16.9. The zero-order valence-corrected chi connectivity index (χ0v) is 12.9. The minimum Gasteiger partial charge on any atom is -0.497 e. The van der Waals surface area contributed by atoms with Gasteiger partial charge in [-0.1, -0.05) is 24.3 Å². The quantitative estimate of drug-likeness (QED) is 0.476. The van der Waals surface area contributed by atoms with Crippen LogP contribution in [0.4, 0.5) is 5.69 Å². The molecule has 0 aliphatic rings. The second-order valence-electron chi connectivity index (χ2n) is 4.91. The number of ether oxygens (including phenoxy) is 1. The summed E-state index contributed by atoms with van der Waals surface area (Å²) in [5.41, 5.74) is 2.08. The molecule has 0 fully saturated rings. The highest BCUT2D eigenvalue weighted by Crippen LogP contribution is 2.26. The molecule has 2 aromatic rings. The Morgan fingerprint density at radius 2 is 1.67 bits per heavy atom. The molecular formula is C18H13N3O3. The molecule has 0 heterocycles. The number of non-ortho nitro benzene ring substituents is 1. The van der Waals surface area contributed by atoms with Crippen LogP contribution in [0.15, 0.2) is 54.1 Å². The van der Waals surface area contributed by atoms with Crippen molar-refractivity contribution in [1.82, 2.24) is 0 Å². The van der Waals surface area contributed by atoms with Gasteiger partial charge in [0.15, 0.2) is 0 Å². The molecule has 0 amide bonds. The summed E-state index contributed by atoms with van der Waals surface area (Å²) in [5, 5.41) is 29.1. The first-order valence-electron chi connectivity index (χ1n) is 7.00. The number of nitriles is 2. The largest absolute Gasteiger partial charge is 0.497 e. The van der Waals surface area contributed by atoms with Crippen molar-refractivity contribution in [2.45, 2.75) is 6.42 Å². The van der Waals surface area contributed by atoms with Crippen LogP contribution in [0.25, 0.3) is 5.57 Å². The number of benzene rings is 2. The van der Waals surface area contributed by atoms with Crippen molar-refractivity contribution < 1.29 is 9.66 Å². The number of hydrogen-bond acceptors (Lipinski definition) is 5. The summed E-state index contributed by atoms with van der Waals surface area (Å²) >= 11 is 0. The van der Waals surface area contributed by atoms with Gasteiger partial charge in [-0.15, -0.1) is 0 Å². The van der Waals surface area contributed by atoms with E-state index in [1.807, 2.05) is 12.1 Å². The normalized spacial score (nSPS) is 9.46. The van der Waals surface area contributed by atoms with E-state index in [0.717, 1.165) is 11.1 Å². The summed E-state index contributed by atoms with van der Waals surface area (Å²) in [5.74, 6) is 0.670. The van der Waals surface area contributed by atoms with Gasteiger partial charge in [-0.3, -0.25) is 10.1 Å². The third-order valence-electron chi connectivity index (χ3n) is 3.49. The second kappa shape index (κ2) is 7.57. The van der Waals surface area contributed by atoms with Crippen molar-refractivity contribution in [3.05, 3.63) is 75.3 Å². The van der Waals surface area contributed by atoms with E-state index >= 15 is 0 Å². The molecule has 2 rings (SSSR count). The molecule has 0 unspecified atom stereocenters. The summed E-state index contributed by atoms with van der Waals surface area (Å²) < 4.78 is 5.11. The van der Waals surface area contributed by atoms with Gasteiger partial charge in [0, 0.05) is 18.6 Å². The van der Waals surface area contributed by atoms with Gasteiger partial charge in [-0.05, 0) is 28.8 Å². The Hall–Kier alpha value is -3.64. The van der Waals surface area contributed by atoms with E-state index in [2.05, 4.69) is 0 Å². The number of rotatable bonds is 5. The fourth-order valence-electron chi connectivity index (χ4n) is 2.23. The first kappa shape index (κ1) is 16.7. The molecule has 6 heteroatoms. The second-order valence-corrected chi connectivity index (χ2v) is 4.91. The standard InChI is InChI=1S/C18H13N3O3/c1-24-17-8-4-14(5-9-17)18(15(11-19)12-20)10-13-2-6-16(7-3-13)21(22)23/h2-9H,10H2,1H3. The van der Waals surface area contributed by atoms with E-state index in [9.17, 15) is 20.6 Å². The van der Waals surface area contributed by atoms with Crippen molar-refractivity contribution in [3.63, 3.8) is 0 Å². The van der Waals surface area contributed by atoms with Gasteiger partial charge in [-0.25, -0.2) is 0 Å². The number of nitro benzene ring substituents is 1. The fraction of sp³-hybridized carbons (Fsp3) is 0.111. The highest BCUT2D eigenvalue weighted by atomic mass is 16.6. The van der Waals surface area contributed by atoms with Gasteiger partial charge < -0.3 is 4.74 Å². The van der Waals surface area contributed by atoms with Crippen LogP contribution in [0.2, 0.25) is 0 Å². The first-order chi connectivity index (χ1) is 11.6. The fourth-order valence-corrected chi connectivity index (χ4v) is 2.23. The van der Waals surface area contributed by atoms with E-state index < -0.39 is 4.92 Å². The van der Waals surface area contributed by atoms with Gasteiger partial charge in [0.2, 0.25) is 0 Å². The highest BCUT2D eigenvalue weighted by Gasteiger charge is 2.12. The molecule has 0 spiro atoms. The average molecular weight is 319 g/mol. The number of nitro groups is 1. The SMILES string of the molecule is COc1ccc(C(Cc2ccc([N+](=O)[O-])cc2)=C(C#N)C#N)cc1. The minimum absolute atomic E-state index is 0.00508. The molecule has 0 aliphatic carbocycles. The molecule has 0 radical (unpaired) electrons. The Labute approximate surface area is 139 Å². The third-order valence-corrected chi connectivity index (χ3v) is 3.49. The van der Waals surface area contributed by atoms with Crippen LogP contribution >= 0.6 is 0 Å². The predicted molar refractivity (Wildman–Crippen MR) is 87.9 cm³/mol. The Morgan fingerprint density at radius 1 is 1.08 bits per heavy atom. The Balaban J connectivity index is 2.41. The molecule has 0 N–H and O–H groups in total. The van der Waals surface area contributed by atoms with Crippen molar-refractivity contribution in [3.8, 4) is 17.9 Å². The lowest BCUT2D eigenvalue weighted by Gasteiger charge is -2.09. The van der Waals surface area contributed by atoms with Crippen LogP contribution in [-0.2, 0) is 6.42 Å². The van der Waals surface area contributed by atoms with E-state index in [-0.39, 0.29) is 11.3 Å². The van der Waals surface area contributed by atoms with Crippen molar-refractivity contribution >= 4 is 11.3 Å². The van der Waals surface area contributed by atoms with E-state index in [1.165, 1.54) is 12.1 Å². The maximum atomic E-state index is 10.7. The zero-order valence-electron chi connectivity index (χ0n) is 12.9. The molecule has 2 aromatic carbocycles. The summed E-state index contributed by atoms with van der Waals surface area (Å²) in [6.45, 7) is 0. The topological polar surface area (TPSA) is 99.9 Å². The Bertz CT molecular complexity index is 838. The molecular weight excluding hydrogens is 306 g/mol. The van der Waals surface area contributed by atoms with E-state index in [0.29, 0.717) is 17.7 Å². The molecule has 0 aromatic heterocycles. The molecule has 6 nitrogen and oxygen atoms in total. The number of allylic oxidation sites excluding steroid dienone is 2. The molecule has 0 saturated heterocycles. The average Bonchev–Trinajstić information content (AvgIpc) is 2.62. The number of methoxy groups -OCH3 is 1. The maximum absolute atomic E-state index is 10.7. The van der Waals surface area contributed by atoms with E-state index in [4.69, 9.17) is 4.74 Å². The smallest absolute Gasteiger partial charge is 0.269 e. The lowest BCUT2D eigenvalue weighted by Crippen LogP contribution is -1.96. The van der Waals surface area contributed by atoms with Crippen molar-refractivity contribution in [2.75, 3.05) is 7.11 Å². The summed E-state index contributed by atoms with van der Waals surface area (Å²) in [4.78, 5) is 10.2. The number of nitrogens with zero attached hydrogens (tertiary/aromatic N) is 3. The molecule has 118 valence electrons. The van der Waals surface area contributed by atoms with Gasteiger partial charge >= 0.3 is 0 Å². The van der Waals surface area contributed by atoms with Crippen LogP contribution in [0.1, 0.15) is 11.1 Å². The van der Waals surface area contributed by atoms with Crippen molar-refractivity contribution in [1.29, 1.82) is 10.5 Å². The summed E-state index contributed by atoms with van der Waals surface area (Å²) in [6.07, 6.45) is 0.320. The first-order valence-corrected chi connectivity index (χ1v) is 7.00. The van der Waals surface area contributed by atoms with Crippen LogP contribution in [0.3, 0.4) is 0 Å². The summed E-state index contributed by atoms with van der Waals surface area (Å²) in [7, 11) is 1.55. The number of hydrogen-bond donors (Lipinski definition) is 0. The molecule has 24 heavy (non-hydrogen) atoms. The van der Waals surface area contributed by atoms with Gasteiger partial charge in [0.05, 0.1) is 12.0 Å². The van der Waals surface area contributed by atoms with Crippen LogP contribution in [0, 0.1) is 32.8 Å².